The average Bonchev–Trinajstić information content (AvgIpc) is 3.22. The highest BCUT2D eigenvalue weighted by molar-refractivity contribution is 5.87. The quantitative estimate of drug-likeness (QED) is 0.861. The molecule has 0 bridgehead atoms. The lowest BCUT2D eigenvalue weighted by Crippen LogP contribution is -2.36. The molecule has 3 rings (SSSR count). The van der Waals surface area contributed by atoms with E-state index in [9.17, 15) is 9.59 Å². The number of amides is 2. The van der Waals surface area contributed by atoms with E-state index in [-0.39, 0.29) is 5.91 Å². The van der Waals surface area contributed by atoms with E-state index in [0.717, 1.165) is 37.2 Å². The first-order valence-electron chi connectivity index (χ1n) is 8.72. The summed E-state index contributed by atoms with van der Waals surface area (Å²) in [6.07, 6.45) is 1.60. The second kappa shape index (κ2) is 8.38. The summed E-state index contributed by atoms with van der Waals surface area (Å²) in [5.74, 6) is 0.0884. The molecule has 2 aromatic rings. The van der Waals surface area contributed by atoms with Crippen molar-refractivity contribution in [2.75, 3.05) is 30.8 Å². The largest absolute Gasteiger partial charge is 0.453 e. The van der Waals surface area contributed by atoms with Crippen LogP contribution in [0.15, 0.2) is 54.6 Å². The van der Waals surface area contributed by atoms with E-state index in [1.165, 1.54) is 7.11 Å². The Morgan fingerprint density at radius 1 is 0.962 bits per heavy atom. The van der Waals surface area contributed by atoms with Crippen molar-refractivity contribution in [1.29, 1.82) is 0 Å². The van der Waals surface area contributed by atoms with Gasteiger partial charge in [-0.25, -0.2) is 4.79 Å². The van der Waals surface area contributed by atoms with Gasteiger partial charge in [0, 0.05) is 24.5 Å². The SMILES string of the molecule is COC(=O)Nc1ccc(NC(C(=O)N2CCCC2)c2ccccc2)cc1. The minimum atomic E-state index is -0.517. The van der Waals surface area contributed by atoms with E-state index in [0.29, 0.717) is 5.69 Å². The van der Waals surface area contributed by atoms with Gasteiger partial charge < -0.3 is 15.0 Å². The van der Waals surface area contributed by atoms with E-state index < -0.39 is 12.1 Å². The summed E-state index contributed by atoms with van der Waals surface area (Å²) in [4.78, 5) is 26.2. The van der Waals surface area contributed by atoms with Gasteiger partial charge in [0.2, 0.25) is 5.91 Å². The summed E-state index contributed by atoms with van der Waals surface area (Å²) in [7, 11) is 1.32. The molecule has 1 fully saturated rings. The van der Waals surface area contributed by atoms with Gasteiger partial charge in [-0.3, -0.25) is 10.1 Å². The Bertz CT molecular complexity index is 741. The third kappa shape index (κ3) is 4.33. The first-order valence-corrected chi connectivity index (χ1v) is 8.72. The molecule has 2 N–H and O–H groups in total. The zero-order chi connectivity index (χ0) is 18.4. The number of likely N-dealkylation sites (tertiary alicyclic amines) is 1. The van der Waals surface area contributed by atoms with E-state index in [1.54, 1.807) is 12.1 Å². The van der Waals surface area contributed by atoms with Crippen molar-refractivity contribution in [2.24, 2.45) is 0 Å². The van der Waals surface area contributed by atoms with Crippen LogP contribution in [0.5, 0.6) is 0 Å². The highest BCUT2D eigenvalue weighted by Crippen LogP contribution is 2.24. The Hall–Kier alpha value is -3.02. The number of hydrogen-bond donors (Lipinski definition) is 2. The van der Waals surface area contributed by atoms with E-state index in [4.69, 9.17) is 0 Å². The Morgan fingerprint density at radius 3 is 2.19 bits per heavy atom. The molecule has 1 aliphatic heterocycles. The van der Waals surface area contributed by atoms with Crippen LogP contribution in [0.25, 0.3) is 0 Å². The van der Waals surface area contributed by atoms with Crippen molar-refractivity contribution in [2.45, 2.75) is 18.9 Å². The molecule has 0 aromatic heterocycles. The van der Waals surface area contributed by atoms with Gasteiger partial charge in [0.25, 0.3) is 0 Å². The Labute approximate surface area is 153 Å². The van der Waals surface area contributed by atoms with Crippen molar-refractivity contribution in [3.05, 3.63) is 60.2 Å². The molecular weight excluding hydrogens is 330 g/mol. The van der Waals surface area contributed by atoms with Crippen LogP contribution in [0.2, 0.25) is 0 Å². The minimum Gasteiger partial charge on any atom is -0.453 e. The van der Waals surface area contributed by atoms with Crippen LogP contribution in [0.3, 0.4) is 0 Å². The number of ether oxygens (including phenoxy) is 1. The van der Waals surface area contributed by atoms with Gasteiger partial charge in [-0.2, -0.15) is 0 Å². The van der Waals surface area contributed by atoms with Crippen molar-refractivity contribution >= 4 is 23.4 Å². The van der Waals surface area contributed by atoms with Crippen LogP contribution < -0.4 is 10.6 Å². The maximum absolute atomic E-state index is 13.0. The average molecular weight is 353 g/mol. The van der Waals surface area contributed by atoms with Crippen LogP contribution in [0.1, 0.15) is 24.4 Å². The number of anilines is 2. The maximum Gasteiger partial charge on any atom is 0.411 e. The number of carbonyl (C=O) groups excluding carboxylic acids is 2. The first kappa shape index (κ1) is 17.8. The number of rotatable bonds is 5. The molecular formula is C20H23N3O3. The molecule has 26 heavy (non-hydrogen) atoms. The maximum atomic E-state index is 13.0. The molecule has 2 aromatic carbocycles. The molecule has 1 unspecified atom stereocenters. The molecule has 6 heteroatoms. The zero-order valence-corrected chi connectivity index (χ0v) is 14.8. The van der Waals surface area contributed by atoms with Gasteiger partial charge in [-0.1, -0.05) is 30.3 Å². The smallest absolute Gasteiger partial charge is 0.411 e. The van der Waals surface area contributed by atoms with Crippen molar-refractivity contribution in [3.63, 3.8) is 0 Å². The van der Waals surface area contributed by atoms with Crippen LogP contribution >= 0.6 is 0 Å². The summed E-state index contributed by atoms with van der Waals surface area (Å²) >= 11 is 0. The highest BCUT2D eigenvalue weighted by atomic mass is 16.5. The van der Waals surface area contributed by atoms with Crippen molar-refractivity contribution in [1.82, 2.24) is 4.90 Å². The fourth-order valence-corrected chi connectivity index (χ4v) is 3.04. The lowest BCUT2D eigenvalue weighted by Gasteiger charge is -2.25. The van der Waals surface area contributed by atoms with E-state index >= 15 is 0 Å². The number of methoxy groups -OCH3 is 1. The predicted octanol–water partition coefficient (Wildman–Crippen LogP) is 3.64. The standard InChI is InChI=1S/C20H23N3O3/c1-26-20(25)22-17-11-9-16(10-12-17)21-18(15-7-3-2-4-8-15)19(24)23-13-5-6-14-23/h2-4,7-12,18,21H,5-6,13-14H2,1H3,(H,22,25). The predicted molar refractivity (Wildman–Crippen MR) is 101 cm³/mol. The van der Waals surface area contributed by atoms with Gasteiger partial charge in [0.15, 0.2) is 0 Å². The van der Waals surface area contributed by atoms with Crippen molar-refractivity contribution in [3.8, 4) is 0 Å². The van der Waals surface area contributed by atoms with Crippen LogP contribution in [-0.2, 0) is 9.53 Å². The van der Waals surface area contributed by atoms with Gasteiger partial charge in [0.05, 0.1) is 7.11 Å². The molecule has 1 aliphatic rings. The molecule has 136 valence electrons. The minimum absolute atomic E-state index is 0.0884. The lowest BCUT2D eigenvalue weighted by molar-refractivity contribution is -0.131. The summed E-state index contributed by atoms with van der Waals surface area (Å²) in [5, 5.41) is 5.94. The summed E-state index contributed by atoms with van der Waals surface area (Å²) in [5.41, 5.74) is 2.37. The summed E-state index contributed by atoms with van der Waals surface area (Å²) in [6, 6.07) is 16.5. The number of carbonyl (C=O) groups is 2. The van der Waals surface area contributed by atoms with Gasteiger partial charge in [-0.15, -0.1) is 0 Å². The van der Waals surface area contributed by atoms with Crippen LogP contribution in [0, 0.1) is 0 Å². The second-order valence-corrected chi connectivity index (χ2v) is 6.21. The Morgan fingerprint density at radius 2 is 1.58 bits per heavy atom. The molecule has 2 amide bonds. The lowest BCUT2D eigenvalue weighted by atomic mass is 10.0. The highest BCUT2D eigenvalue weighted by Gasteiger charge is 2.27. The van der Waals surface area contributed by atoms with E-state index in [2.05, 4.69) is 15.4 Å². The summed E-state index contributed by atoms with van der Waals surface area (Å²) < 4.78 is 4.58. The van der Waals surface area contributed by atoms with Crippen molar-refractivity contribution < 1.29 is 14.3 Å². The molecule has 0 aliphatic carbocycles. The molecule has 1 heterocycles. The summed E-state index contributed by atoms with van der Waals surface area (Å²) in [6.45, 7) is 1.62. The molecule has 0 radical (unpaired) electrons. The topological polar surface area (TPSA) is 70.7 Å². The fraction of sp³-hybridized carbons (Fsp3) is 0.300. The van der Waals surface area contributed by atoms with Crippen LogP contribution in [0.4, 0.5) is 16.2 Å². The molecule has 1 saturated heterocycles. The Kier molecular flexibility index (Phi) is 5.73. The number of hydrogen-bond acceptors (Lipinski definition) is 4. The Balaban J connectivity index is 1.77. The number of nitrogens with one attached hydrogen (secondary N) is 2. The molecule has 1 atom stereocenters. The fourth-order valence-electron chi connectivity index (χ4n) is 3.04. The van der Waals surface area contributed by atoms with Gasteiger partial charge >= 0.3 is 6.09 Å². The van der Waals surface area contributed by atoms with E-state index in [1.807, 2.05) is 47.4 Å². The van der Waals surface area contributed by atoms with Gasteiger partial charge in [-0.05, 0) is 42.7 Å². The second-order valence-electron chi connectivity index (χ2n) is 6.21. The van der Waals surface area contributed by atoms with Crippen LogP contribution in [-0.4, -0.2) is 37.1 Å². The van der Waals surface area contributed by atoms with Gasteiger partial charge in [0.1, 0.15) is 6.04 Å². The zero-order valence-electron chi connectivity index (χ0n) is 14.8. The normalized spacial score (nSPS) is 14.6. The number of benzene rings is 2. The molecule has 6 nitrogen and oxygen atoms in total. The number of nitrogens with zero attached hydrogens (tertiary/aromatic N) is 1. The molecule has 0 saturated carbocycles. The first-order chi connectivity index (χ1) is 12.7. The monoisotopic (exact) mass is 353 g/mol. The molecule has 0 spiro atoms. The third-order valence-corrected chi connectivity index (χ3v) is 4.43. The third-order valence-electron chi connectivity index (χ3n) is 4.43.